The number of halogens is 1. The van der Waals surface area contributed by atoms with Gasteiger partial charge in [0.2, 0.25) is 6.79 Å². The van der Waals surface area contributed by atoms with Gasteiger partial charge in [-0.3, -0.25) is 4.79 Å². The third-order valence-corrected chi connectivity index (χ3v) is 3.22. The van der Waals surface area contributed by atoms with Crippen molar-refractivity contribution in [2.75, 3.05) is 6.79 Å². The van der Waals surface area contributed by atoms with Crippen LogP contribution in [-0.4, -0.2) is 18.4 Å². The van der Waals surface area contributed by atoms with Crippen LogP contribution in [0.3, 0.4) is 0 Å². The molecule has 0 aromatic heterocycles. The molecule has 2 aromatic carbocycles. The molecule has 1 amide bonds. The van der Waals surface area contributed by atoms with Gasteiger partial charge in [-0.15, -0.1) is 0 Å². The highest BCUT2D eigenvalue weighted by Gasteiger charge is 2.14. The first-order valence-electron chi connectivity index (χ1n) is 6.64. The summed E-state index contributed by atoms with van der Waals surface area (Å²) in [5, 5.41) is 4.05. The zero-order valence-corrected chi connectivity index (χ0v) is 11.8. The molecule has 0 saturated heterocycles. The number of nitrogens with one attached hydrogen (secondary N) is 1. The fourth-order valence-corrected chi connectivity index (χ4v) is 1.99. The highest BCUT2D eigenvalue weighted by Crippen LogP contribution is 2.32. The molecule has 0 radical (unpaired) electrons. The molecule has 6 heteroatoms. The van der Waals surface area contributed by atoms with Crippen molar-refractivity contribution in [1.82, 2.24) is 5.43 Å². The van der Waals surface area contributed by atoms with E-state index in [0.29, 0.717) is 22.8 Å². The first kappa shape index (κ1) is 14.1. The summed E-state index contributed by atoms with van der Waals surface area (Å²) in [6.07, 6.45) is 0. The van der Waals surface area contributed by atoms with Crippen LogP contribution in [0.25, 0.3) is 0 Å². The van der Waals surface area contributed by atoms with Crippen LogP contribution < -0.4 is 14.9 Å². The smallest absolute Gasteiger partial charge is 0.271 e. The molecule has 22 heavy (non-hydrogen) atoms. The zero-order chi connectivity index (χ0) is 15.5. The van der Waals surface area contributed by atoms with Gasteiger partial charge < -0.3 is 9.47 Å². The van der Waals surface area contributed by atoms with Gasteiger partial charge in [0.15, 0.2) is 11.5 Å². The second-order valence-corrected chi connectivity index (χ2v) is 4.71. The largest absolute Gasteiger partial charge is 0.454 e. The molecule has 0 spiro atoms. The van der Waals surface area contributed by atoms with Gasteiger partial charge in [-0.05, 0) is 49.4 Å². The summed E-state index contributed by atoms with van der Waals surface area (Å²) in [6.45, 7) is 1.97. The van der Waals surface area contributed by atoms with E-state index in [1.54, 1.807) is 19.1 Å². The molecule has 1 N–H and O–H groups in total. The lowest BCUT2D eigenvalue weighted by Crippen LogP contribution is -2.19. The molecule has 1 heterocycles. The predicted molar refractivity (Wildman–Crippen MR) is 78.6 cm³/mol. The maximum atomic E-state index is 12.8. The quantitative estimate of drug-likeness (QED) is 0.700. The summed E-state index contributed by atoms with van der Waals surface area (Å²) in [4.78, 5) is 11.9. The van der Waals surface area contributed by atoms with Crippen molar-refractivity contribution in [3.05, 3.63) is 59.4 Å². The molecule has 0 bridgehead atoms. The van der Waals surface area contributed by atoms with Crippen LogP contribution >= 0.6 is 0 Å². The van der Waals surface area contributed by atoms with E-state index in [2.05, 4.69) is 10.5 Å². The molecule has 2 aromatic rings. The second kappa shape index (κ2) is 5.85. The van der Waals surface area contributed by atoms with Crippen molar-refractivity contribution in [1.29, 1.82) is 0 Å². The third kappa shape index (κ3) is 2.90. The number of amides is 1. The fourth-order valence-electron chi connectivity index (χ4n) is 1.99. The van der Waals surface area contributed by atoms with Crippen LogP contribution in [0.4, 0.5) is 4.39 Å². The Labute approximate surface area is 126 Å². The molecule has 0 saturated carbocycles. The van der Waals surface area contributed by atoms with Gasteiger partial charge in [-0.2, -0.15) is 5.10 Å². The van der Waals surface area contributed by atoms with E-state index in [9.17, 15) is 9.18 Å². The van der Waals surface area contributed by atoms with Crippen LogP contribution in [0.2, 0.25) is 0 Å². The van der Waals surface area contributed by atoms with Crippen molar-refractivity contribution in [3.63, 3.8) is 0 Å². The molecule has 5 nitrogen and oxygen atoms in total. The number of fused-ring (bicyclic) bond motifs is 1. The fraction of sp³-hybridized carbons (Fsp3) is 0.125. The Kier molecular flexibility index (Phi) is 3.74. The van der Waals surface area contributed by atoms with Crippen molar-refractivity contribution in [2.24, 2.45) is 5.10 Å². The van der Waals surface area contributed by atoms with E-state index in [0.717, 1.165) is 5.56 Å². The minimum absolute atomic E-state index is 0.205. The first-order valence-corrected chi connectivity index (χ1v) is 6.64. The van der Waals surface area contributed by atoms with E-state index < -0.39 is 11.7 Å². The van der Waals surface area contributed by atoms with Crippen molar-refractivity contribution in [2.45, 2.75) is 6.92 Å². The summed E-state index contributed by atoms with van der Waals surface area (Å²) >= 11 is 0. The number of carbonyl (C=O) groups excluding carboxylic acids is 1. The molecule has 3 rings (SSSR count). The monoisotopic (exact) mass is 300 g/mol. The number of hydrogen-bond acceptors (Lipinski definition) is 4. The predicted octanol–water partition coefficient (Wildman–Crippen LogP) is 2.71. The van der Waals surface area contributed by atoms with Gasteiger partial charge in [0.25, 0.3) is 5.91 Å². The first-order chi connectivity index (χ1) is 10.6. The highest BCUT2D eigenvalue weighted by atomic mass is 19.1. The van der Waals surface area contributed by atoms with E-state index in [-0.39, 0.29) is 6.79 Å². The Hall–Kier alpha value is -2.89. The Morgan fingerprint density at radius 2 is 1.77 bits per heavy atom. The average molecular weight is 300 g/mol. The van der Waals surface area contributed by atoms with Crippen LogP contribution in [0.15, 0.2) is 47.6 Å². The Balaban J connectivity index is 1.72. The minimum atomic E-state index is -0.403. The van der Waals surface area contributed by atoms with Crippen LogP contribution in [0.1, 0.15) is 22.8 Å². The molecular weight excluding hydrogens is 287 g/mol. The zero-order valence-electron chi connectivity index (χ0n) is 11.8. The molecule has 0 unspecified atom stereocenters. The number of hydrazone groups is 1. The number of benzene rings is 2. The van der Waals surface area contributed by atoms with Gasteiger partial charge in [-0.1, -0.05) is 0 Å². The highest BCUT2D eigenvalue weighted by molar-refractivity contribution is 6.01. The molecule has 112 valence electrons. The van der Waals surface area contributed by atoms with Gasteiger partial charge in [0.05, 0.1) is 5.71 Å². The Bertz CT molecular complexity index is 742. The van der Waals surface area contributed by atoms with E-state index in [4.69, 9.17) is 9.47 Å². The lowest BCUT2D eigenvalue weighted by Gasteiger charge is -2.04. The Morgan fingerprint density at radius 3 is 2.55 bits per heavy atom. The van der Waals surface area contributed by atoms with E-state index >= 15 is 0 Å². The molecule has 0 aliphatic carbocycles. The van der Waals surface area contributed by atoms with Gasteiger partial charge in [0.1, 0.15) is 5.82 Å². The van der Waals surface area contributed by atoms with Crippen molar-refractivity contribution >= 4 is 11.6 Å². The standard InChI is InChI=1S/C16H13FN2O3/c1-10(12-4-7-14-15(8-12)22-9-21-14)18-19-16(20)11-2-5-13(17)6-3-11/h2-8H,9H2,1H3,(H,19,20)/b18-10+. The molecular formula is C16H13FN2O3. The third-order valence-electron chi connectivity index (χ3n) is 3.22. The number of carbonyl (C=O) groups is 1. The molecule has 0 fully saturated rings. The van der Waals surface area contributed by atoms with Gasteiger partial charge in [0, 0.05) is 11.1 Å². The van der Waals surface area contributed by atoms with Gasteiger partial charge in [-0.25, -0.2) is 9.82 Å². The maximum absolute atomic E-state index is 12.8. The number of ether oxygens (including phenoxy) is 2. The maximum Gasteiger partial charge on any atom is 0.271 e. The summed E-state index contributed by atoms with van der Waals surface area (Å²) in [5.41, 5.74) is 4.20. The lowest BCUT2D eigenvalue weighted by molar-refractivity contribution is 0.0955. The normalized spacial score (nSPS) is 13.1. The number of rotatable bonds is 3. The number of hydrogen-bond donors (Lipinski definition) is 1. The molecule has 1 aliphatic heterocycles. The summed E-state index contributed by atoms with van der Waals surface area (Å²) in [7, 11) is 0. The number of nitrogens with zero attached hydrogens (tertiary/aromatic N) is 1. The topological polar surface area (TPSA) is 59.9 Å². The summed E-state index contributed by atoms with van der Waals surface area (Å²) < 4.78 is 23.3. The lowest BCUT2D eigenvalue weighted by atomic mass is 10.1. The Morgan fingerprint density at radius 1 is 1.09 bits per heavy atom. The minimum Gasteiger partial charge on any atom is -0.454 e. The van der Waals surface area contributed by atoms with Crippen molar-refractivity contribution < 1.29 is 18.7 Å². The molecule has 1 aliphatic rings. The van der Waals surface area contributed by atoms with E-state index in [1.165, 1.54) is 24.3 Å². The van der Waals surface area contributed by atoms with Gasteiger partial charge >= 0.3 is 0 Å². The average Bonchev–Trinajstić information content (AvgIpc) is 3.00. The van der Waals surface area contributed by atoms with Crippen LogP contribution in [0.5, 0.6) is 11.5 Å². The summed E-state index contributed by atoms with van der Waals surface area (Å²) in [6, 6.07) is 10.7. The summed E-state index contributed by atoms with van der Waals surface area (Å²) in [5.74, 6) is 0.542. The van der Waals surface area contributed by atoms with Crippen LogP contribution in [-0.2, 0) is 0 Å². The van der Waals surface area contributed by atoms with Crippen LogP contribution in [0, 0.1) is 5.82 Å². The second-order valence-electron chi connectivity index (χ2n) is 4.71. The van der Waals surface area contributed by atoms with Crippen molar-refractivity contribution in [3.8, 4) is 11.5 Å². The molecule has 0 atom stereocenters. The van der Waals surface area contributed by atoms with E-state index in [1.807, 2.05) is 6.07 Å². The SMILES string of the molecule is C/C(=N\NC(=O)c1ccc(F)cc1)c1ccc2c(c1)OCO2.